The van der Waals surface area contributed by atoms with Crippen LogP contribution in [-0.2, 0) is 11.3 Å². The van der Waals surface area contributed by atoms with Crippen molar-refractivity contribution in [2.45, 2.75) is 58.4 Å². The quantitative estimate of drug-likeness (QED) is 0.630. The highest BCUT2D eigenvalue weighted by molar-refractivity contribution is 5.75. The molecule has 0 spiro atoms. The number of aromatic nitrogens is 5. The van der Waals surface area contributed by atoms with Crippen molar-refractivity contribution in [3.8, 4) is 11.3 Å². The van der Waals surface area contributed by atoms with E-state index < -0.39 is 0 Å². The van der Waals surface area contributed by atoms with Crippen LogP contribution in [0.2, 0.25) is 0 Å². The molecule has 7 nitrogen and oxygen atoms in total. The monoisotopic (exact) mass is 418 g/mol. The molecular weight excluding hydrogens is 388 g/mol. The molecule has 1 N–H and O–H groups in total. The van der Waals surface area contributed by atoms with E-state index in [9.17, 15) is 4.79 Å². The first-order valence-corrected chi connectivity index (χ1v) is 11.1. The number of carbonyl (C=O) groups is 1. The van der Waals surface area contributed by atoms with Crippen molar-refractivity contribution in [3.63, 3.8) is 0 Å². The summed E-state index contributed by atoms with van der Waals surface area (Å²) in [6.07, 6.45) is 12.2. The zero-order chi connectivity index (χ0) is 21.6. The number of nitrogens with one attached hydrogen (secondary N) is 1. The fraction of sp³-hybridized carbons (Fsp3) is 0.458. The maximum atomic E-state index is 12.2. The number of carbonyl (C=O) groups excluding carboxylic acids is 1. The topological polar surface area (TPSA) is 85.6 Å². The molecule has 3 heterocycles. The third kappa shape index (κ3) is 5.34. The summed E-state index contributed by atoms with van der Waals surface area (Å²) in [5, 5.41) is 3.13. The average molecular weight is 419 g/mol. The van der Waals surface area contributed by atoms with E-state index in [1.807, 2.05) is 55.2 Å². The van der Waals surface area contributed by atoms with Gasteiger partial charge in [-0.05, 0) is 57.6 Å². The minimum absolute atomic E-state index is 0.110. The molecule has 1 amide bonds. The zero-order valence-electron chi connectivity index (χ0n) is 18.3. The van der Waals surface area contributed by atoms with Crippen molar-refractivity contribution in [2.75, 3.05) is 6.54 Å². The highest BCUT2D eigenvalue weighted by atomic mass is 16.1. The molecule has 0 radical (unpaired) electrons. The number of imidazole rings is 1. The molecule has 1 saturated carbocycles. The molecule has 0 aliphatic heterocycles. The molecule has 3 aromatic heterocycles. The summed E-state index contributed by atoms with van der Waals surface area (Å²) < 4.78 is 2.01. The molecule has 0 atom stereocenters. The molecule has 7 heteroatoms. The van der Waals surface area contributed by atoms with Gasteiger partial charge in [0.05, 0.1) is 11.4 Å². The van der Waals surface area contributed by atoms with Gasteiger partial charge in [-0.15, -0.1) is 0 Å². The van der Waals surface area contributed by atoms with Crippen LogP contribution in [0.4, 0.5) is 0 Å². The van der Waals surface area contributed by atoms with E-state index >= 15 is 0 Å². The van der Waals surface area contributed by atoms with Gasteiger partial charge in [-0.2, -0.15) is 0 Å². The number of amides is 1. The third-order valence-electron chi connectivity index (χ3n) is 6.20. The molecule has 162 valence electrons. The minimum Gasteiger partial charge on any atom is -0.356 e. The first-order chi connectivity index (χ1) is 15.1. The minimum atomic E-state index is 0.110. The Morgan fingerprint density at radius 2 is 1.94 bits per heavy atom. The molecule has 1 aliphatic rings. The van der Waals surface area contributed by atoms with Gasteiger partial charge in [-0.25, -0.2) is 15.0 Å². The lowest BCUT2D eigenvalue weighted by Crippen LogP contribution is -2.31. The summed E-state index contributed by atoms with van der Waals surface area (Å²) in [6, 6.07) is 5.94. The summed E-state index contributed by atoms with van der Waals surface area (Å²) in [6.45, 7) is 5.32. The van der Waals surface area contributed by atoms with Gasteiger partial charge in [0, 0.05) is 55.8 Å². The van der Waals surface area contributed by atoms with Crippen molar-refractivity contribution >= 4 is 5.91 Å². The lowest BCUT2D eigenvalue weighted by molar-refractivity contribution is -0.121. The smallest absolute Gasteiger partial charge is 0.221 e. The second-order valence-corrected chi connectivity index (χ2v) is 8.37. The fourth-order valence-electron chi connectivity index (χ4n) is 4.37. The summed E-state index contributed by atoms with van der Waals surface area (Å²) in [5.41, 5.74) is 3.09. The second-order valence-electron chi connectivity index (χ2n) is 8.37. The molecule has 1 fully saturated rings. The van der Waals surface area contributed by atoms with Gasteiger partial charge in [0.15, 0.2) is 0 Å². The van der Waals surface area contributed by atoms with E-state index in [2.05, 4.69) is 20.3 Å². The molecular formula is C24H30N6O. The van der Waals surface area contributed by atoms with Crippen LogP contribution in [0.25, 0.3) is 11.3 Å². The Bertz CT molecular complexity index is 1010. The molecule has 0 aromatic carbocycles. The number of hydrogen-bond acceptors (Lipinski definition) is 5. The predicted octanol–water partition coefficient (Wildman–Crippen LogP) is 3.83. The lowest BCUT2D eigenvalue weighted by Gasteiger charge is -2.29. The van der Waals surface area contributed by atoms with Crippen LogP contribution < -0.4 is 5.32 Å². The Kier molecular flexibility index (Phi) is 6.70. The number of rotatable bonds is 7. The van der Waals surface area contributed by atoms with Crippen LogP contribution in [0.3, 0.4) is 0 Å². The second kappa shape index (κ2) is 9.81. The first kappa shape index (κ1) is 21.2. The number of hydrogen-bond donors (Lipinski definition) is 1. The first-order valence-electron chi connectivity index (χ1n) is 11.1. The SMILES string of the molecule is Cc1ncc(-c2ccccn2)c(C2CCC(CNC(=O)CCn3ccnc3C)CC2)n1. The van der Waals surface area contributed by atoms with Crippen LogP contribution in [0, 0.1) is 19.8 Å². The normalized spacial score (nSPS) is 18.6. The zero-order valence-corrected chi connectivity index (χ0v) is 18.3. The van der Waals surface area contributed by atoms with Gasteiger partial charge in [0.25, 0.3) is 0 Å². The van der Waals surface area contributed by atoms with Gasteiger partial charge in [0.2, 0.25) is 5.91 Å². The van der Waals surface area contributed by atoms with Crippen LogP contribution >= 0.6 is 0 Å². The molecule has 3 aromatic rings. The fourth-order valence-corrected chi connectivity index (χ4v) is 4.37. The highest BCUT2D eigenvalue weighted by Crippen LogP contribution is 2.38. The molecule has 0 unspecified atom stereocenters. The van der Waals surface area contributed by atoms with Crippen molar-refractivity contribution in [2.24, 2.45) is 5.92 Å². The van der Waals surface area contributed by atoms with E-state index in [0.717, 1.165) is 60.8 Å². The van der Waals surface area contributed by atoms with E-state index in [1.54, 1.807) is 6.20 Å². The highest BCUT2D eigenvalue weighted by Gasteiger charge is 2.26. The Morgan fingerprint density at radius 3 is 2.65 bits per heavy atom. The van der Waals surface area contributed by atoms with Gasteiger partial charge in [0.1, 0.15) is 11.6 Å². The largest absolute Gasteiger partial charge is 0.356 e. The summed E-state index contributed by atoms with van der Waals surface area (Å²) >= 11 is 0. The van der Waals surface area contributed by atoms with Gasteiger partial charge in [-0.3, -0.25) is 9.78 Å². The molecule has 4 rings (SSSR count). The summed E-state index contributed by atoms with van der Waals surface area (Å²) in [5.74, 6) is 2.79. The number of pyridine rings is 1. The van der Waals surface area contributed by atoms with Crippen LogP contribution in [-0.4, -0.2) is 37.0 Å². The molecule has 0 saturated heterocycles. The van der Waals surface area contributed by atoms with Crippen molar-refractivity contribution in [1.82, 2.24) is 29.8 Å². The molecule has 0 bridgehead atoms. The Morgan fingerprint density at radius 1 is 1.10 bits per heavy atom. The van der Waals surface area contributed by atoms with E-state index in [0.29, 0.717) is 24.8 Å². The molecule has 1 aliphatic carbocycles. The summed E-state index contributed by atoms with van der Waals surface area (Å²) in [4.78, 5) is 30.2. The Hall–Kier alpha value is -3.09. The average Bonchev–Trinajstić information content (AvgIpc) is 3.22. The van der Waals surface area contributed by atoms with Crippen LogP contribution in [0.15, 0.2) is 43.0 Å². The maximum absolute atomic E-state index is 12.2. The Labute approximate surface area is 183 Å². The number of aryl methyl sites for hydroxylation is 3. The third-order valence-corrected chi connectivity index (χ3v) is 6.20. The maximum Gasteiger partial charge on any atom is 0.221 e. The lowest BCUT2D eigenvalue weighted by atomic mass is 9.79. The van der Waals surface area contributed by atoms with Gasteiger partial charge >= 0.3 is 0 Å². The van der Waals surface area contributed by atoms with Crippen LogP contribution in [0.1, 0.15) is 55.4 Å². The van der Waals surface area contributed by atoms with Crippen molar-refractivity contribution in [1.29, 1.82) is 0 Å². The van der Waals surface area contributed by atoms with Gasteiger partial charge in [-0.1, -0.05) is 6.07 Å². The van der Waals surface area contributed by atoms with Crippen molar-refractivity contribution < 1.29 is 4.79 Å². The van der Waals surface area contributed by atoms with Crippen molar-refractivity contribution in [3.05, 3.63) is 60.3 Å². The Balaban J connectivity index is 1.30. The van der Waals surface area contributed by atoms with E-state index in [4.69, 9.17) is 4.98 Å². The van der Waals surface area contributed by atoms with Gasteiger partial charge < -0.3 is 9.88 Å². The predicted molar refractivity (Wildman–Crippen MR) is 119 cm³/mol. The molecule has 31 heavy (non-hydrogen) atoms. The summed E-state index contributed by atoms with van der Waals surface area (Å²) in [7, 11) is 0. The van der Waals surface area contributed by atoms with E-state index in [1.165, 1.54) is 0 Å². The van der Waals surface area contributed by atoms with Crippen LogP contribution in [0.5, 0.6) is 0 Å². The number of nitrogens with zero attached hydrogens (tertiary/aromatic N) is 5. The standard InChI is InChI=1S/C24H30N6O/c1-17-27-16-21(22-5-3-4-11-26-22)24(29-17)20-8-6-19(7-9-20)15-28-23(31)10-13-30-14-12-25-18(30)2/h3-5,11-12,14,16,19-20H,6-10,13,15H2,1-2H3,(H,28,31). The van der Waals surface area contributed by atoms with E-state index in [-0.39, 0.29) is 5.91 Å².